The molecule has 2 heterocycles. The van der Waals surface area contributed by atoms with Gasteiger partial charge in [0.2, 0.25) is 5.82 Å². The van der Waals surface area contributed by atoms with Gasteiger partial charge in [0.1, 0.15) is 17.6 Å². The predicted octanol–water partition coefficient (Wildman–Crippen LogP) is 0.845. The second kappa shape index (κ2) is 4.11. The lowest BCUT2D eigenvalue weighted by Crippen LogP contribution is -2.12. The number of nitrogens with two attached hydrogens (primary N) is 1. The molecule has 0 aliphatic heterocycles. The number of thiocarbonyl (C=S) groups is 1. The maximum Gasteiger partial charge on any atom is 0.208 e. The van der Waals surface area contributed by atoms with Gasteiger partial charge in [0.15, 0.2) is 5.82 Å². The van der Waals surface area contributed by atoms with E-state index >= 15 is 0 Å². The first kappa shape index (κ1) is 10.7. The third-order valence-electron chi connectivity index (χ3n) is 2.45. The zero-order chi connectivity index (χ0) is 12.5. The number of aromatic nitrogens is 5. The average molecular weight is 256 g/mol. The molecule has 2 N–H and O–H groups in total. The molecule has 0 unspecified atom stereocenters. The van der Waals surface area contributed by atoms with E-state index < -0.39 is 0 Å². The molecular weight excluding hydrogens is 248 g/mol. The van der Waals surface area contributed by atoms with E-state index in [0.29, 0.717) is 11.6 Å². The van der Waals surface area contributed by atoms with Crippen LogP contribution >= 0.6 is 12.2 Å². The van der Waals surface area contributed by atoms with Crippen LogP contribution in [0.3, 0.4) is 0 Å². The second-order valence-corrected chi connectivity index (χ2v) is 4.03. The molecule has 6 nitrogen and oxygen atoms in total. The normalized spacial score (nSPS) is 10.7. The molecule has 0 atom stereocenters. The standard InChI is InChI=1S/C11H8N6S/c12-9(18)10-15-6-17(16-10)11-7-3-1-2-4-8(7)13-5-14-11/h1-6H,(H2,12,18). The Balaban J connectivity index is 2.21. The first-order valence-electron chi connectivity index (χ1n) is 5.17. The van der Waals surface area contributed by atoms with Crippen molar-refractivity contribution in [3.05, 3.63) is 42.7 Å². The molecule has 18 heavy (non-hydrogen) atoms. The fourth-order valence-electron chi connectivity index (χ4n) is 1.65. The summed E-state index contributed by atoms with van der Waals surface area (Å²) in [5, 5.41) is 5.07. The fourth-order valence-corrected chi connectivity index (χ4v) is 1.74. The van der Waals surface area contributed by atoms with Crippen LogP contribution in [0.15, 0.2) is 36.9 Å². The number of nitrogens with zero attached hydrogens (tertiary/aromatic N) is 5. The number of benzene rings is 1. The number of rotatable bonds is 2. The molecule has 1 aromatic carbocycles. The van der Waals surface area contributed by atoms with Crippen molar-refractivity contribution in [1.82, 2.24) is 24.7 Å². The van der Waals surface area contributed by atoms with Crippen LogP contribution in [0.4, 0.5) is 0 Å². The summed E-state index contributed by atoms with van der Waals surface area (Å²) < 4.78 is 1.54. The number of para-hydroxylation sites is 1. The zero-order valence-electron chi connectivity index (χ0n) is 9.19. The van der Waals surface area contributed by atoms with Crippen LogP contribution < -0.4 is 5.73 Å². The van der Waals surface area contributed by atoms with Crippen LogP contribution in [0.2, 0.25) is 0 Å². The summed E-state index contributed by atoms with van der Waals surface area (Å²) in [6, 6.07) is 7.67. The van der Waals surface area contributed by atoms with E-state index in [4.69, 9.17) is 18.0 Å². The van der Waals surface area contributed by atoms with Gasteiger partial charge in [-0.3, -0.25) is 0 Å². The average Bonchev–Trinajstić information content (AvgIpc) is 2.87. The lowest BCUT2D eigenvalue weighted by molar-refractivity contribution is 0.846. The van der Waals surface area contributed by atoms with Crippen molar-refractivity contribution in [1.29, 1.82) is 0 Å². The fraction of sp³-hybridized carbons (Fsp3) is 0. The highest BCUT2D eigenvalue weighted by atomic mass is 32.1. The second-order valence-electron chi connectivity index (χ2n) is 3.59. The lowest BCUT2D eigenvalue weighted by Gasteiger charge is -2.03. The van der Waals surface area contributed by atoms with Gasteiger partial charge in [-0.1, -0.05) is 24.4 Å². The molecule has 0 spiro atoms. The molecule has 0 fully saturated rings. The maximum atomic E-state index is 5.48. The van der Waals surface area contributed by atoms with Gasteiger partial charge in [-0.25, -0.2) is 19.6 Å². The third-order valence-corrected chi connectivity index (χ3v) is 2.63. The van der Waals surface area contributed by atoms with Crippen LogP contribution in [0.1, 0.15) is 5.82 Å². The van der Waals surface area contributed by atoms with Crippen molar-refractivity contribution >= 4 is 28.1 Å². The van der Waals surface area contributed by atoms with Gasteiger partial charge in [-0.15, -0.1) is 5.10 Å². The monoisotopic (exact) mass is 256 g/mol. The summed E-state index contributed by atoms with van der Waals surface area (Å²) in [5.74, 6) is 0.975. The minimum absolute atomic E-state index is 0.159. The predicted molar refractivity (Wildman–Crippen MR) is 70.3 cm³/mol. The van der Waals surface area contributed by atoms with Crippen LogP contribution in [0.25, 0.3) is 16.7 Å². The first-order chi connectivity index (χ1) is 8.75. The van der Waals surface area contributed by atoms with Gasteiger partial charge >= 0.3 is 0 Å². The summed E-state index contributed by atoms with van der Waals surface area (Å²) in [4.78, 5) is 12.6. The van der Waals surface area contributed by atoms with Gasteiger partial charge in [0.25, 0.3) is 0 Å². The van der Waals surface area contributed by atoms with Crippen LogP contribution in [-0.4, -0.2) is 29.7 Å². The molecule has 0 amide bonds. The number of hydrogen-bond donors (Lipinski definition) is 1. The number of fused-ring (bicyclic) bond motifs is 1. The van der Waals surface area contributed by atoms with Gasteiger partial charge in [-0.05, 0) is 12.1 Å². The molecule has 0 aliphatic rings. The Morgan fingerprint density at radius 3 is 2.78 bits per heavy atom. The Kier molecular flexibility index (Phi) is 2.45. The largest absolute Gasteiger partial charge is 0.387 e. The lowest BCUT2D eigenvalue weighted by atomic mass is 10.2. The molecule has 0 aliphatic carbocycles. The smallest absolute Gasteiger partial charge is 0.208 e. The van der Waals surface area contributed by atoms with Crippen molar-refractivity contribution in [2.24, 2.45) is 5.73 Å². The van der Waals surface area contributed by atoms with Crippen LogP contribution in [0.5, 0.6) is 0 Å². The van der Waals surface area contributed by atoms with Gasteiger partial charge in [0, 0.05) is 5.39 Å². The van der Waals surface area contributed by atoms with E-state index in [2.05, 4.69) is 20.1 Å². The van der Waals surface area contributed by atoms with Gasteiger partial charge < -0.3 is 5.73 Å². The molecule has 88 valence electrons. The SMILES string of the molecule is NC(=S)c1ncn(-c2ncnc3ccccc23)n1. The quantitative estimate of drug-likeness (QED) is 0.684. The van der Waals surface area contributed by atoms with Crippen molar-refractivity contribution < 1.29 is 0 Å². The van der Waals surface area contributed by atoms with Gasteiger partial charge in [-0.2, -0.15) is 0 Å². The van der Waals surface area contributed by atoms with E-state index in [1.54, 1.807) is 4.68 Å². The highest BCUT2D eigenvalue weighted by Gasteiger charge is 2.09. The number of hydrogen-bond acceptors (Lipinski definition) is 5. The summed E-state index contributed by atoms with van der Waals surface area (Å²) in [7, 11) is 0. The van der Waals surface area contributed by atoms with Gasteiger partial charge in [0.05, 0.1) is 5.52 Å². The Hall–Kier alpha value is -2.41. The molecule has 0 radical (unpaired) electrons. The Morgan fingerprint density at radius 2 is 2.00 bits per heavy atom. The van der Waals surface area contributed by atoms with Crippen molar-refractivity contribution in [2.45, 2.75) is 0 Å². The van der Waals surface area contributed by atoms with E-state index in [9.17, 15) is 0 Å². The molecule has 7 heteroatoms. The van der Waals surface area contributed by atoms with Crippen LogP contribution in [0, 0.1) is 0 Å². The zero-order valence-corrected chi connectivity index (χ0v) is 10.0. The summed E-state index contributed by atoms with van der Waals surface area (Å²) in [6.07, 6.45) is 3.02. The minimum Gasteiger partial charge on any atom is -0.387 e. The summed E-state index contributed by atoms with van der Waals surface area (Å²) >= 11 is 4.83. The topological polar surface area (TPSA) is 82.5 Å². The molecular formula is C11H8N6S. The highest BCUT2D eigenvalue weighted by Crippen LogP contribution is 2.16. The van der Waals surface area contributed by atoms with Crippen LogP contribution in [-0.2, 0) is 0 Å². The Bertz CT molecular complexity index is 730. The summed E-state index contributed by atoms with van der Waals surface area (Å²) in [6.45, 7) is 0. The Morgan fingerprint density at radius 1 is 1.17 bits per heavy atom. The first-order valence-corrected chi connectivity index (χ1v) is 5.58. The molecule has 0 saturated carbocycles. The van der Waals surface area contributed by atoms with E-state index in [1.807, 2.05) is 24.3 Å². The van der Waals surface area contributed by atoms with Crippen molar-refractivity contribution in [3.63, 3.8) is 0 Å². The van der Waals surface area contributed by atoms with E-state index in [1.165, 1.54) is 12.7 Å². The minimum atomic E-state index is 0.159. The highest BCUT2D eigenvalue weighted by molar-refractivity contribution is 7.80. The molecule has 3 aromatic rings. The van der Waals surface area contributed by atoms with E-state index in [-0.39, 0.29) is 4.99 Å². The van der Waals surface area contributed by atoms with E-state index in [0.717, 1.165) is 10.9 Å². The van der Waals surface area contributed by atoms with Crippen molar-refractivity contribution in [2.75, 3.05) is 0 Å². The third kappa shape index (κ3) is 1.70. The molecule has 2 aromatic heterocycles. The maximum absolute atomic E-state index is 5.48. The molecule has 0 saturated heterocycles. The molecule has 0 bridgehead atoms. The summed E-state index contributed by atoms with van der Waals surface area (Å²) in [5.41, 5.74) is 6.32. The Labute approximate surface area is 107 Å². The molecule has 3 rings (SSSR count). The van der Waals surface area contributed by atoms with Crippen molar-refractivity contribution in [3.8, 4) is 5.82 Å².